The summed E-state index contributed by atoms with van der Waals surface area (Å²) >= 11 is 0. The first kappa shape index (κ1) is 62.7. The average Bonchev–Trinajstić information content (AvgIpc) is 3.63. The predicted molar refractivity (Wildman–Crippen MR) is 284 cm³/mol. The number of ether oxygens (including phenoxy) is 8. The van der Waals surface area contributed by atoms with Crippen molar-refractivity contribution >= 4 is 23.8 Å². The van der Waals surface area contributed by atoms with E-state index in [1.54, 1.807) is 51.4 Å². The third kappa shape index (κ3) is 14.0. The molecule has 0 aliphatic carbocycles. The number of hydrogen-bond donors (Lipinski definition) is 3. The van der Waals surface area contributed by atoms with Crippen LogP contribution >= 0.6 is 0 Å². The molecule has 20 heteroatoms. The van der Waals surface area contributed by atoms with E-state index in [0.717, 1.165) is 19.6 Å². The quantitative estimate of drug-likeness (QED) is 0.106. The molecule has 4 aliphatic rings. The topological polar surface area (TPSA) is 216 Å². The lowest BCUT2D eigenvalue weighted by Gasteiger charge is -2.54. The van der Waals surface area contributed by atoms with Gasteiger partial charge in [0.15, 0.2) is 18.2 Å². The fraction of sp³-hybridized carbons (Fsp3) is 0.873. The molecule has 4 saturated heterocycles. The Hall–Kier alpha value is -3.15. The summed E-state index contributed by atoms with van der Waals surface area (Å²) in [5, 5.41) is 27.8. The van der Waals surface area contributed by atoms with E-state index in [-0.39, 0.29) is 50.3 Å². The lowest BCUT2D eigenvalue weighted by Crippen LogP contribution is -2.70. The van der Waals surface area contributed by atoms with E-state index >= 15 is 9.59 Å². The van der Waals surface area contributed by atoms with Gasteiger partial charge < -0.3 is 73.0 Å². The number of carbonyl (C=O) groups excluding carboxylic acids is 3. The molecule has 0 spiro atoms. The van der Waals surface area contributed by atoms with Gasteiger partial charge in [0, 0.05) is 89.6 Å². The molecule has 4 aliphatic heterocycles. The summed E-state index contributed by atoms with van der Waals surface area (Å²) < 4.78 is 53.0. The van der Waals surface area contributed by atoms with Crippen molar-refractivity contribution in [2.75, 3.05) is 86.5 Å². The van der Waals surface area contributed by atoms with Crippen molar-refractivity contribution in [2.45, 2.75) is 205 Å². The van der Waals surface area contributed by atoms with Gasteiger partial charge in [-0.2, -0.15) is 0 Å². The van der Waals surface area contributed by atoms with E-state index in [0.29, 0.717) is 38.3 Å². The van der Waals surface area contributed by atoms with Crippen LogP contribution in [0.2, 0.25) is 0 Å². The number of ketones is 1. The second-order valence-corrected chi connectivity index (χ2v) is 23.0. The van der Waals surface area contributed by atoms with Crippen molar-refractivity contribution in [1.29, 1.82) is 0 Å². The predicted octanol–water partition coefficient (Wildman–Crippen LogP) is 5.23. The largest absolute Gasteiger partial charge is 0.458 e. The molecular weight excluding hydrogens is 967 g/mol. The Balaban J connectivity index is 1.57. The molecule has 5 heterocycles. The highest BCUT2D eigenvalue weighted by Crippen LogP contribution is 2.46. The summed E-state index contributed by atoms with van der Waals surface area (Å²) in [6.07, 6.45) is -2.34. The molecule has 0 aromatic carbocycles. The number of cyclic esters (lactones) is 1. The van der Waals surface area contributed by atoms with Gasteiger partial charge >= 0.3 is 12.1 Å². The van der Waals surface area contributed by atoms with Crippen LogP contribution in [0.25, 0.3) is 0 Å². The van der Waals surface area contributed by atoms with Gasteiger partial charge in [0.25, 0.3) is 0 Å². The minimum absolute atomic E-state index is 0.0847. The zero-order valence-corrected chi connectivity index (χ0v) is 48.6. The van der Waals surface area contributed by atoms with Crippen molar-refractivity contribution in [3.8, 4) is 0 Å². The van der Waals surface area contributed by atoms with Gasteiger partial charge in [0.05, 0.1) is 42.0 Å². The fourth-order valence-electron chi connectivity index (χ4n) is 12.6. The zero-order chi connectivity index (χ0) is 55.8. The standard InChI is InChI=1S/C55H97N7O13/c1-18-41-54(12)46(62(51(66)75-54)27-22-21-24-56-50-57-25-23-26-58-50)36(6)43(63)34(4)31-52(10,68-16)47(74-49-44(64)40(59(13)14)30-35(5)70-49)37(7)45(38(8)48(65)72-41)73-42-32-53(11,69-17)55(67,39(9)71-42)33-60(15)28-29-61(19-2)20-3/h23,25-26,34-42,44-47,49,64,67H,18-22,24,27-33H2,1-17H3,(H,56,57,58)/t34-,35-,36+,37+,38-,39+,40+,41-,42+,44-,45+,46-,47-,49+,52+,53-,54-,55-/m1/s1. The number of aliphatic hydroxyl groups excluding tert-OH is 1. The maximum Gasteiger partial charge on any atom is 0.410 e. The van der Waals surface area contributed by atoms with Gasteiger partial charge in [-0.15, -0.1) is 0 Å². The van der Waals surface area contributed by atoms with Crippen LogP contribution in [0, 0.1) is 23.7 Å². The number of esters is 1. The molecule has 0 saturated carbocycles. The van der Waals surface area contributed by atoms with E-state index in [9.17, 15) is 15.0 Å². The maximum atomic E-state index is 15.2. The van der Waals surface area contributed by atoms with Gasteiger partial charge in [-0.25, -0.2) is 14.8 Å². The Morgan fingerprint density at radius 2 is 1.55 bits per heavy atom. The molecular formula is C55H97N7O13. The maximum absolute atomic E-state index is 15.2. The monoisotopic (exact) mass is 1060 g/mol. The molecule has 1 amide bonds. The molecule has 0 radical (unpaired) electrons. The number of nitrogens with one attached hydrogen (secondary N) is 1. The Morgan fingerprint density at radius 1 is 0.880 bits per heavy atom. The Labute approximate surface area is 448 Å². The third-order valence-corrected chi connectivity index (χ3v) is 17.5. The number of anilines is 1. The van der Waals surface area contributed by atoms with Crippen LogP contribution in [0.5, 0.6) is 0 Å². The van der Waals surface area contributed by atoms with Crippen LogP contribution in [0.1, 0.15) is 122 Å². The second kappa shape index (κ2) is 26.7. The highest BCUT2D eigenvalue weighted by atomic mass is 16.7. The number of likely N-dealkylation sites (N-methyl/N-ethyl adjacent to an activating group) is 3. The number of rotatable bonds is 21. The van der Waals surface area contributed by atoms with E-state index in [4.69, 9.17) is 37.9 Å². The van der Waals surface area contributed by atoms with Crippen molar-refractivity contribution in [3.05, 3.63) is 18.5 Å². The first-order valence-electron chi connectivity index (χ1n) is 27.7. The first-order valence-corrected chi connectivity index (χ1v) is 27.7. The third-order valence-electron chi connectivity index (χ3n) is 17.5. The summed E-state index contributed by atoms with van der Waals surface area (Å²) in [6.45, 7) is 27.1. The number of Topliss-reactive ketones (excluding diaryl/α,β-unsaturated/α-hetero) is 1. The smallest absolute Gasteiger partial charge is 0.410 e. The Kier molecular flexibility index (Phi) is 22.3. The fourth-order valence-corrected chi connectivity index (χ4v) is 12.6. The zero-order valence-electron chi connectivity index (χ0n) is 48.6. The van der Waals surface area contributed by atoms with Crippen LogP contribution in [0.15, 0.2) is 18.5 Å². The molecule has 20 nitrogen and oxygen atoms in total. The molecule has 0 unspecified atom stereocenters. The summed E-state index contributed by atoms with van der Waals surface area (Å²) in [5.74, 6) is -3.50. The molecule has 75 heavy (non-hydrogen) atoms. The van der Waals surface area contributed by atoms with E-state index in [1.807, 2.05) is 81.4 Å². The SMILES string of the molecule is CC[C@H]1OC(=O)[C@H](C)[C@@H](O[C@H]2C[C@@](C)(OC)[C@@](O)(CN(C)CCN(CC)CC)[C@H](C)O2)[C@H](C)[C@@H](O[C@@H]2O[C@H](C)C[C@H](N(C)C)[C@H]2O)[C@@](C)(OC)C[C@@H](C)C(=O)[C@H](C)[C@H]2N(CCCCNc3ncccn3)C(=O)O[C@]12C. The minimum Gasteiger partial charge on any atom is -0.458 e. The van der Waals surface area contributed by atoms with E-state index in [1.165, 1.54) is 0 Å². The number of amides is 1. The highest BCUT2D eigenvalue weighted by Gasteiger charge is 2.62. The minimum atomic E-state index is -1.48. The van der Waals surface area contributed by atoms with Gasteiger partial charge in [-0.3, -0.25) is 9.59 Å². The number of nitrogens with zero attached hydrogens (tertiary/aromatic N) is 6. The molecule has 1 aromatic rings. The molecule has 1 aromatic heterocycles. The number of unbranched alkanes of at least 4 members (excludes halogenated alkanes) is 1. The molecule has 430 valence electrons. The highest BCUT2D eigenvalue weighted by molar-refractivity contribution is 5.85. The molecule has 4 fully saturated rings. The van der Waals surface area contributed by atoms with Crippen LogP contribution < -0.4 is 5.32 Å². The van der Waals surface area contributed by atoms with Crippen molar-refractivity contribution in [1.82, 2.24) is 29.6 Å². The first-order chi connectivity index (χ1) is 35.3. The summed E-state index contributed by atoms with van der Waals surface area (Å²) in [5.41, 5.74) is -5.39. The van der Waals surface area contributed by atoms with E-state index < -0.39 is 107 Å². The number of fused-ring (bicyclic) bond motifs is 1. The van der Waals surface area contributed by atoms with Crippen molar-refractivity contribution in [2.24, 2.45) is 23.7 Å². The van der Waals surface area contributed by atoms with Crippen LogP contribution in [0.4, 0.5) is 10.7 Å². The van der Waals surface area contributed by atoms with Crippen LogP contribution in [-0.2, 0) is 47.5 Å². The Bertz CT molecular complexity index is 1980. The second-order valence-electron chi connectivity index (χ2n) is 23.0. The average molecular weight is 1060 g/mol. The normalized spacial score (nSPS) is 39.4. The summed E-state index contributed by atoms with van der Waals surface area (Å²) in [6, 6.07) is 0.616. The van der Waals surface area contributed by atoms with Gasteiger partial charge in [-0.1, -0.05) is 41.5 Å². The van der Waals surface area contributed by atoms with Gasteiger partial charge in [0.2, 0.25) is 5.95 Å². The molecule has 0 bridgehead atoms. The van der Waals surface area contributed by atoms with Crippen LogP contribution in [0.3, 0.4) is 0 Å². The van der Waals surface area contributed by atoms with E-state index in [2.05, 4.69) is 38.9 Å². The lowest BCUT2D eigenvalue weighted by molar-refractivity contribution is -0.339. The number of hydrogen-bond acceptors (Lipinski definition) is 19. The summed E-state index contributed by atoms with van der Waals surface area (Å²) in [7, 11) is 8.92. The van der Waals surface area contributed by atoms with Crippen LogP contribution in [-0.4, -0.2) is 222 Å². The van der Waals surface area contributed by atoms with Crippen molar-refractivity contribution in [3.63, 3.8) is 0 Å². The molecule has 5 rings (SSSR count). The Morgan fingerprint density at radius 3 is 2.15 bits per heavy atom. The lowest BCUT2D eigenvalue weighted by atomic mass is 9.73. The number of methoxy groups -OCH3 is 2. The molecule has 3 N–H and O–H groups in total. The van der Waals surface area contributed by atoms with Crippen molar-refractivity contribution < 1.29 is 62.5 Å². The molecule has 18 atom stereocenters. The number of aromatic nitrogens is 2. The summed E-state index contributed by atoms with van der Waals surface area (Å²) in [4.78, 5) is 61.0. The number of carbonyl (C=O) groups is 3. The van der Waals surface area contributed by atoms with Gasteiger partial charge in [-0.05, 0) is 114 Å². The van der Waals surface area contributed by atoms with Gasteiger partial charge in [0.1, 0.15) is 29.2 Å². The number of aliphatic hydroxyl groups is 2.